The van der Waals surface area contributed by atoms with Crippen LogP contribution in [0.3, 0.4) is 0 Å². The van der Waals surface area contributed by atoms with E-state index in [2.05, 4.69) is 46.9 Å². The van der Waals surface area contributed by atoms with Crippen molar-refractivity contribution in [2.24, 2.45) is 5.92 Å². The van der Waals surface area contributed by atoms with Crippen LogP contribution >= 0.6 is 68.0 Å². The van der Waals surface area contributed by atoms with Gasteiger partial charge < -0.3 is 46.3 Å². The predicted molar refractivity (Wildman–Crippen MR) is 313 cm³/mol. The van der Waals surface area contributed by atoms with Crippen molar-refractivity contribution in [3.05, 3.63) is 112 Å². The number of aliphatic carboxylic acids is 1. The number of ether oxygens (including phenoxy) is 2. The minimum atomic E-state index is -1.28. The first kappa shape index (κ1) is 59.8. The maximum atomic E-state index is 14.3. The van der Waals surface area contributed by atoms with Crippen molar-refractivity contribution in [1.82, 2.24) is 61.5 Å². The molecule has 4 atom stereocenters. The van der Waals surface area contributed by atoms with E-state index < -0.39 is 72.4 Å². The predicted octanol–water partition coefficient (Wildman–Crippen LogP) is 8.12. The van der Waals surface area contributed by atoms with Gasteiger partial charge in [0.15, 0.2) is 0 Å². The molecule has 9 rings (SSSR count). The summed E-state index contributed by atoms with van der Waals surface area (Å²) >= 11 is 7.08. The standard InChI is InChI=1S/C53H53N13O11S6/c1-24(2)38-52-66-41(33(83-52)20-76-5)45(73)55-19-36(68)63-42(43(71)26-11-7-6-8-12-26)51-60-31(22-79-51)48-56-18-32(82-48)40-27(14-15-28(57-40)49-61-34(23-80-49)62-53(75)77-16-10-9-13-37(69)70)47-59-30(21-78-47)44(72)58-29(17-35(67)54-4)50-65-39(25(3)81-50)46(74)64-38/h6-8,11-12,14-15,18,21-24,29,38,42-43,71H,9-10,13,16-17,19-20H2,1-5H3,(H,54,67)(H,55,73)(H,58,72)(H,62,75)(H,63,68)(H,64,74)(H,69,70)/t29-,38-,42-,43-/m0/s1. The second-order valence-corrected chi connectivity index (χ2v) is 24.8. The number of fused-ring (bicyclic) bond motifs is 14. The summed E-state index contributed by atoms with van der Waals surface area (Å²) in [7, 11) is 2.93. The molecule has 10 bridgehead atoms. The molecule has 0 unspecified atom stereocenters. The first-order valence-corrected chi connectivity index (χ1v) is 30.6. The largest absolute Gasteiger partial charge is 0.481 e. The second kappa shape index (κ2) is 27.0. The van der Waals surface area contributed by atoms with Gasteiger partial charge in [0, 0.05) is 53.4 Å². The summed E-state index contributed by atoms with van der Waals surface area (Å²) in [5, 5.41) is 44.7. The Morgan fingerprint density at radius 3 is 2.28 bits per heavy atom. The zero-order valence-electron chi connectivity index (χ0n) is 44.8. The highest BCUT2D eigenvalue weighted by Gasteiger charge is 2.33. The molecule has 1 aromatic carbocycles. The number of carbonyl (C=O) groups is 7. The minimum absolute atomic E-state index is 0.00255. The number of aryl methyl sites for hydroxylation is 1. The number of methoxy groups -OCH3 is 1. The van der Waals surface area contributed by atoms with E-state index in [4.69, 9.17) is 34.5 Å². The Morgan fingerprint density at radius 1 is 0.747 bits per heavy atom. The van der Waals surface area contributed by atoms with E-state index in [0.29, 0.717) is 80.7 Å². The molecule has 0 radical (unpaired) electrons. The average molecular weight is 1240 g/mol. The van der Waals surface area contributed by atoms with Crippen LogP contribution in [0, 0.1) is 12.8 Å². The van der Waals surface area contributed by atoms with E-state index in [9.17, 15) is 38.7 Å². The normalized spacial score (nSPS) is 16.3. The van der Waals surface area contributed by atoms with Crippen LogP contribution in [-0.2, 0) is 30.5 Å². The number of thiazole rings is 6. The number of hydrogen-bond donors (Lipinski definition) is 8. The van der Waals surface area contributed by atoms with E-state index >= 15 is 0 Å². The SMILES string of the molecule is CNC(=O)C[C@@H]1NC(=O)c2csc(n2)-c2ccc(-c3nc(NC(=O)OCCCCC(=O)O)cs3)nc2-c2cnc(s2)-c2csc(n2)[C@H]([C@@H](O)c2ccccc2)NC(=O)CNC(=O)c2nc(sc2COC)[C@H](C(C)C)NC(=O)c2nc1sc2C. The first-order chi connectivity index (χ1) is 40.0. The molecule has 1 aliphatic heterocycles. The van der Waals surface area contributed by atoms with Crippen molar-refractivity contribution in [2.75, 3.05) is 32.6 Å². The number of amides is 6. The number of carboxylic acids is 1. The van der Waals surface area contributed by atoms with Crippen LogP contribution in [0.5, 0.6) is 0 Å². The van der Waals surface area contributed by atoms with Gasteiger partial charge in [0.1, 0.15) is 70.8 Å². The van der Waals surface area contributed by atoms with E-state index in [1.165, 1.54) is 59.5 Å². The van der Waals surface area contributed by atoms with Crippen LogP contribution in [0.4, 0.5) is 10.6 Å². The molecule has 83 heavy (non-hydrogen) atoms. The lowest BCUT2D eigenvalue weighted by Gasteiger charge is -2.23. The Morgan fingerprint density at radius 2 is 1.52 bits per heavy atom. The van der Waals surface area contributed by atoms with E-state index in [1.54, 1.807) is 71.7 Å². The molecule has 8 aromatic rings. The molecule has 0 aliphatic carbocycles. The molecule has 432 valence electrons. The lowest BCUT2D eigenvalue weighted by Crippen LogP contribution is -2.40. The minimum Gasteiger partial charge on any atom is -0.481 e. The zero-order valence-corrected chi connectivity index (χ0v) is 49.7. The molecule has 8 heterocycles. The van der Waals surface area contributed by atoms with Crippen LogP contribution < -0.4 is 31.9 Å². The van der Waals surface area contributed by atoms with Gasteiger partial charge in [-0.2, -0.15) is 0 Å². The molecular weight excluding hydrogens is 1190 g/mol. The van der Waals surface area contributed by atoms with Gasteiger partial charge in [-0.05, 0) is 43.4 Å². The summed E-state index contributed by atoms with van der Waals surface area (Å²) in [4.78, 5) is 128. The smallest absolute Gasteiger partial charge is 0.412 e. The van der Waals surface area contributed by atoms with Gasteiger partial charge in [0.25, 0.3) is 17.7 Å². The number of hydrogen-bond acceptors (Lipinski definition) is 23. The number of nitrogens with zero attached hydrogens (tertiary/aromatic N) is 7. The van der Waals surface area contributed by atoms with Crippen LogP contribution in [0.15, 0.2) is 64.8 Å². The van der Waals surface area contributed by atoms with Gasteiger partial charge in [-0.15, -0.1) is 68.0 Å². The Labute approximate surface area is 497 Å². The zero-order chi connectivity index (χ0) is 58.9. The van der Waals surface area contributed by atoms with Crippen molar-refractivity contribution >= 4 is 115 Å². The molecule has 1 aliphatic rings. The highest BCUT2D eigenvalue weighted by Crippen LogP contribution is 2.41. The van der Waals surface area contributed by atoms with Crippen molar-refractivity contribution in [3.63, 3.8) is 0 Å². The van der Waals surface area contributed by atoms with Gasteiger partial charge in [0.2, 0.25) is 11.8 Å². The maximum absolute atomic E-state index is 14.3. The quantitative estimate of drug-likeness (QED) is 0.0476. The third-order valence-corrected chi connectivity index (χ3v) is 18.4. The van der Waals surface area contributed by atoms with Crippen LogP contribution in [0.2, 0.25) is 0 Å². The molecule has 0 fully saturated rings. The fraction of sp³-hybridized carbons (Fsp3) is 0.321. The molecule has 6 amide bonds. The molecule has 0 saturated carbocycles. The fourth-order valence-electron chi connectivity index (χ4n) is 8.32. The highest BCUT2D eigenvalue weighted by atomic mass is 32.1. The summed E-state index contributed by atoms with van der Waals surface area (Å²) in [5.74, 6) is -3.91. The number of carboxylic acid groups (broad SMARTS) is 1. The molecule has 0 spiro atoms. The Bertz CT molecular complexity index is 3690. The van der Waals surface area contributed by atoms with Gasteiger partial charge in [0.05, 0.1) is 59.4 Å². The number of aliphatic hydroxyl groups is 1. The van der Waals surface area contributed by atoms with E-state index in [-0.39, 0.29) is 59.9 Å². The van der Waals surface area contributed by atoms with E-state index in [1.807, 2.05) is 13.8 Å². The lowest BCUT2D eigenvalue weighted by atomic mass is 10.0. The van der Waals surface area contributed by atoms with Crippen molar-refractivity contribution < 1.29 is 53.2 Å². The lowest BCUT2D eigenvalue weighted by molar-refractivity contribution is -0.137. The summed E-state index contributed by atoms with van der Waals surface area (Å²) in [6.07, 6.45) is 0.00598. The first-order valence-electron chi connectivity index (χ1n) is 25.6. The molecule has 8 N–H and O–H groups in total. The summed E-state index contributed by atoms with van der Waals surface area (Å²) in [6.45, 7) is 4.95. The third-order valence-electron chi connectivity index (χ3n) is 12.5. The number of unbranched alkanes of at least 4 members (excludes halogenated alkanes) is 1. The fourth-order valence-corrected chi connectivity index (χ4v) is 13.9. The number of nitrogens with one attached hydrogen (secondary N) is 6. The number of pyridine rings is 1. The van der Waals surface area contributed by atoms with Gasteiger partial charge in [-0.3, -0.25) is 34.1 Å². The Balaban J connectivity index is 1.10. The van der Waals surface area contributed by atoms with Crippen molar-refractivity contribution in [2.45, 2.75) is 77.3 Å². The van der Waals surface area contributed by atoms with Crippen molar-refractivity contribution in [3.8, 4) is 42.5 Å². The number of aliphatic hydroxyl groups excluding tert-OH is 1. The Kier molecular flexibility index (Phi) is 19.5. The van der Waals surface area contributed by atoms with Crippen LogP contribution in [0.25, 0.3) is 42.5 Å². The number of aromatic nitrogens is 7. The number of rotatable bonds is 14. The highest BCUT2D eigenvalue weighted by molar-refractivity contribution is 7.19. The number of anilines is 1. The number of benzene rings is 1. The monoisotopic (exact) mass is 1240 g/mol. The number of carbonyl (C=O) groups excluding carboxylic acids is 6. The van der Waals surface area contributed by atoms with Gasteiger partial charge in [-0.1, -0.05) is 44.2 Å². The molecule has 24 nitrogen and oxygen atoms in total. The van der Waals surface area contributed by atoms with Gasteiger partial charge in [-0.25, -0.2) is 39.7 Å². The third kappa shape index (κ3) is 14.5. The Hall–Kier alpha value is -7.84. The van der Waals surface area contributed by atoms with Gasteiger partial charge >= 0.3 is 12.1 Å². The molecule has 0 saturated heterocycles. The molecular formula is C53H53N13O11S6. The topological polar surface area (TPSA) is 341 Å². The summed E-state index contributed by atoms with van der Waals surface area (Å²) in [6, 6.07) is 9.41. The summed E-state index contributed by atoms with van der Waals surface area (Å²) in [5.41, 5.74) is 2.29. The van der Waals surface area contributed by atoms with Crippen LogP contribution in [-0.4, -0.2) is 114 Å². The maximum Gasteiger partial charge on any atom is 0.412 e. The van der Waals surface area contributed by atoms with Crippen molar-refractivity contribution in [1.29, 1.82) is 0 Å². The second-order valence-electron chi connectivity index (χ2n) is 18.8. The average Bonchev–Trinajstić information content (AvgIpc) is 4.45. The molecule has 7 aromatic heterocycles. The van der Waals surface area contributed by atoms with E-state index in [0.717, 1.165) is 22.7 Å². The van der Waals surface area contributed by atoms with Crippen LogP contribution in [0.1, 0.15) is 126 Å². The summed E-state index contributed by atoms with van der Waals surface area (Å²) < 4.78 is 10.7. The molecule has 30 heteroatoms.